The molecule has 0 radical (unpaired) electrons. The van der Waals surface area contributed by atoms with Crippen molar-refractivity contribution in [1.82, 2.24) is 10.6 Å². The van der Waals surface area contributed by atoms with Gasteiger partial charge in [0.15, 0.2) is 5.17 Å². The highest BCUT2D eigenvalue weighted by Gasteiger charge is 2.32. The summed E-state index contributed by atoms with van der Waals surface area (Å²) in [5.41, 5.74) is 0.485. The van der Waals surface area contributed by atoms with Gasteiger partial charge in [0.05, 0.1) is 6.21 Å². The molecule has 0 unspecified atom stereocenters. The van der Waals surface area contributed by atoms with E-state index >= 15 is 0 Å². The van der Waals surface area contributed by atoms with Crippen LogP contribution in [0.3, 0.4) is 0 Å². The molecule has 1 aliphatic heterocycles. The Kier molecular flexibility index (Phi) is 7.15. The van der Waals surface area contributed by atoms with Gasteiger partial charge in [0.25, 0.3) is 0 Å². The van der Waals surface area contributed by atoms with E-state index < -0.39 is 11.2 Å². The van der Waals surface area contributed by atoms with Crippen molar-refractivity contribution in [2.24, 2.45) is 10.2 Å². The summed E-state index contributed by atoms with van der Waals surface area (Å²) in [7, 11) is 0. The second-order valence-corrected chi connectivity index (χ2v) is 6.53. The molecule has 1 fully saturated rings. The number of hydrogen-bond acceptors (Lipinski definition) is 8. The normalized spacial score (nSPS) is 18.2. The van der Waals surface area contributed by atoms with Crippen molar-refractivity contribution in [2.75, 3.05) is 6.54 Å². The van der Waals surface area contributed by atoms with E-state index in [9.17, 15) is 24.6 Å². The fraction of sp³-hybridized carbons (Fsp3) is 0.312. The molecule has 3 N–H and O–H groups in total. The largest absolute Gasteiger partial charge is 0.550 e. The Hall–Kier alpha value is -2.88. The van der Waals surface area contributed by atoms with Gasteiger partial charge in [0.2, 0.25) is 11.8 Å². The summed E-state index contributed by atoms with van der Waals surface area (Å²) in [6.45, 7) is 0.206. The Morgan fingerprint density at radius 1 is 1.38 bits per heavy atom. The zero-order chi connectivity index (χ0) is 18.9. The van der Waals surface area contributed by atoms with Crippen molar-refractivity contribution < 1.29 is 24.6 Å². The van der Waals surface area contributed by atoms with E-state index in [1.807, 2.05) is 0 Å². The third-order valence-electron chi connectivity index (χ3n) is 3.31. The van der Waals surface area contributed by atoms with Crippen LogP contribution in [0.4, 0.5) is 0 Å². The highest BCUT2D eigenvalue weighted by atomic mass is 32.2. The summed E-state index contributed by atoms with van der Waals surface area (Å²) in [6, 6.07) is 6.59. The molecule has 26 heavy (non-hydrogen) atoms. The Morgan fingerprint density at radius 3 is 2.88 bits per heavy atom. The van der Waals surface area contributed by atoms with Gasteiger partial charge in [-0.25, -0.2) is 0 Å². The quantitative estimate of drug-likeness (QED) is 0.312. The number of phenols is 1. The summed E-state index contributed by atoms with van der Waals surface area (Å²) in [5, 5.41) is 32.3. The number of hydrogen-bond donors (Lipinski definition) is 3. The van der Waals surface area contributed by atoms with E-state index in [0.717, 1.165) is 11.8 Å². The van der Waals surface area contributed by atoms with Crippen molar-refractivity contribution in [1.29, 1.82) is 0 Å². The minimum Gasteiger partial charge on any atom is -0.550 e. The van der Waals surface area contributed by atoms with Crippen molar-refractivity contribution >= 4 is 40.9 Å². The predicted octanol–water partition coefficient (Wildman–Crippen LogP) is -0.650. The molecular weight excluding hydrogens is 360 g/mol. The van der Waals surface area contributed by atoms with Crippen LogP contribution in [-0.2, 0) is 14.4 Å². The molecule has 1 aromatic rings. The van der Waals surface area contributed by atoms with Gasteiger partial charge in [0.1, 0.15) is 11.0 Å². The Morgan fingerprint density at radius 2 is 2.15 bits per heavy atom. The maximum absolute atomic E-state index is 11.9. The average Bonchev–Trinajstić information content (AvgIpc) is 2.93. The number of phenolic OH excluding ortho intramolecular Hbond substituents is 1. The molecule has 0 spiro atoms. The number of benzene rings is 1. The third kappa shape index (κ3) is 6.20. The molecule has 1 atom stereocenters. The van der Waals surface area contributed by atoms with Crippen LogP contribution < -0.4 is 15.7 Å². The van der Waals surface area contributed by atoms with Gasteiger partial charge in [-0.15, -0.1) is 5.10 Å². The number of carboxylic acids is 1. The Balaban J connectivity index is 1.81. The van der Waals surface area contributed by atoms with Gasteiger partial charge in [-0.05, 0) is 25.0 Å². The fourth-order valence-corrected chi connectivity index (χ4v) is 2.95. The molecule has 2 rings (SSSR count). The minimum absolute atomic E-state index is 0.0516. The van der Waals surface area contributed by atoms with Crippen LogP contribution in [0.1, 0.15) is 24.8 Å². The van der Waals surface area contributed by atoms with E-state index in [1.165, 1.54) is 12.3 Å². The number of amides is 2. The van der Waals surface area contributed by atoms with E-state index in [-0.39, 0.29) is 48.5 Å². The van der Waals surface area contributed by atoms with Crippen molar-refractivity contribution in [3.05, 3.63) is 29.8 Å². The van der Waals surface area contributed by atoms with Crippen LogP contribution in [0.2, 0.25) is 0 Å². The first-order valence-electron chi connectivity index (χ1n) is 7.79. The minimum atomic E-state index is -1.17. The maximum Gasteiger partial charge on any atom is 0.240 e. The lowest BCUT2D eigenvalue weighted by atomic mass is 10.2. The van der Waals surface area contributed by atoms with Crippen LogP contribution in [-0.4, -0.2) is 46.1 Å². The Bertz CT molecular complexity index is 750. The Labute approximate surface area is 153 Å². The second-order valence-electron chi connectivity index (χ2n) is 5.33. The number of nitrogens with zero attached hydrogens (tertiary/aromatic N) is 2. The molecule has 1 aliphatic rings. The zero-order valence-electron chi connectivity index (χ0n) is 13.7. The molecule has 0 aliphatic carbocycles. The topological polar surface area (TPSA) is 143 Å². The van der Waals surface area contributed by atoms with Crippen molar-refractivity contribution in [3.8, 4) is 5.75 Å². The lowest BCUT2D eigenvalue weighted by Gasteiger charge is -2.07. The molecule has 1 aromatic carbocycles. The van der Waals surface area contributed by atoms with E-state index in [2.05, 4.69) is 20.8 Å². The summed E-state index contributed by atoms with van der Waals surface area (Å²) in [6.07, 6.45) is 1.44. The monoisotopic (exact) mass is 377 g/mol. The van der Waals surface area contributed by atoms with Crippen LogP contribution in [0, 0.1) is 0 Å². The van der Waals surface area contributed by atoms with E-state index in [4.69, 9.17) is 0 Å². The molecular formula is C16H17N4O5S-. The second kappa shape index (κ2) is 9.56. The first-order chi connectivity index (χ1) is 12.5. The lowest BCUT2D eigenvalue weighted by Crippen LogP contribution is -2.32. The maximum atomic E-state index is 11.9. The number of carboxylic acid groups (broad SMARTS) is 1. The van der Waals surface area contributed by atoms with Crippen LogP contribution in [0.15, 0.2) is 34.5 Å². The van der Waals surface area contributed by atoms with E-state index in [1.54, 1.807) is 18.2 Å². The number of carbonyl (C=O) groups excluding carboxylic acids is 3. The zero-order valence-corrected chi connectivity index (χ0v) is 14.5. The molecule has 0 saturated carbocycles. The number of thioether (sulfide) groups is 1. The first-order valence-corrected chi connectivity index (χ1v) is 8.66. The number of aromatic hydroxyl groups is 1. The molecule has 9 nitrogen and oxygen atoms in total. The fourth-order valence-electron chi connectivity index (χ4n) is 2.03. The molecule has 2 amide bonds. The van der Waals surface area contributed by atoms with Gasteiger partial charge >= 0.3 is 0 Å². The molecule has 0 aromatic heterocycles. The number of nitrogens with one attached hydrogen (secondary N) is 2. The van der Waals surface area contributed by atoms with Crippen molar-refractivity contribution in [2.45, 2.75) is 24.5 Å². The SMILES string of the molecule is O=C([O-])CCCNC(=O)C[C@H]1S/C(=N\N=C\c2ccccc2O)NC1=O. The summed E-state index contributed by atoms with van der Waals surface area (Å²) in [4.78, 5) is 33.9. The van der Waals surface area contributed by atoms with Gasteiger partial charge < -0.3 is 25.6 Å². The number of amidine groups is 1. The number of carbonyl (C=O) groups is 3. The van der Waals surface area contributed by atoms with Crippen LogP contribution in [0.25, 0.3) is 0 Å². The predicted molar refractivity (Wildman–Crippen MR) is 94.5 cm³/mol. The van der Waals surface area contributed by atoms with Gasteiger partial charge in [0, 0.05) is 24.5 Å². The number of para-hydroxylation sites is 1. The third-order valence-corrected chi connectivity index (χ3v) is 4.38. The standard InChI is InChI=1S/C16H18N4O5S/c21-11-5-2-1-4-10(11)9-18-20-16-19-15(25)12(26-16)8-13(22)17-7-3-6-14(23)24/h1-2,4-5,9,12,21H,3,6-8H2,(H,17,22)(H,23,24)(H,19,20,25)/p-1/b18-9+/t12-/m1/s1. The molecule has 1 heterocycles. The van der Waals surface area contributed by atoms with Crippen LogP contribution in [0.5, 0.6) is 5.75 Å². The van der Waals surface area contributed by atoms with Crippen LogP contribution >= 0.6 is 11.8 Å². The lowest BCUT2D eigenvalue weighted by molar-refractivity contribution is -0.305. The summed E-state index contributed by atoms with van der Waals surface area (Å²) >= 11 is 1.08. The van der Waals surface area contributed by atoms with E-state index in [0.29, 0.717) is 5.56 Å². The molecule has 138 valence electrons. The molecule has 1 saturated heterocycles. The van der Waals surface area contributed by atoms with Gasteiger partial charge in [-0.3, -0.25) is 9.59 Å². The summed E-state index contributed by atoms with van der Waals surface area (Å²) < 4.78 is 0. The summed E-state index contributed by atoms with van der Waals surface area (Å²) in [5.74, 6) is -1.81. The number of rotatable bonds is 8. The smallest absolute Gasteiger partial charge is 0.240 e. The van der Waals surface area contributed by atoms with Crippen molar-refractivity contribution in [3.63, 3.8) is 0 Å². The average molecular weight is 377 g/mol. The van der Waals surface area contributed by atoms with Gasteiger partial charge in [-0.1, -0.05) is 23.9 Å². The number of aliphatic carboxylic acids is 1. The van der Waals surface area contributed by atoms with Gasteiger partial charge in [-0.2, -0.15) is 5.10 Å². The highest BCUT2D eigenvalue weighted by Crippen LogP contribution is 2.22. The molecule has 10 heteroatoms. The first kappa shape index (κ1) is 19.4. The highest BCUT2D eigenvalue weighted by molar-refractivity contribution is 8.15. The molecule has 0 bridgehead atoms.